The minimum atomic E-state index is 0.594. The Bertz CT molecular complexity index is 420. The lowest BCUT2D eigenvalue weighted by atomic mass is 10.0. The summed E-state index contributed by atoms with van der Waals surface area (Å²) in [4.78, 5) is 0. The third kappa shape index (κ3) is 2.67. The predicted molar refractivity (Wildman–Crippen MR) is 63.3 cm³/mol. The van der Waals surface area contributed by atoms with Crippen LogP contribution in [-0.2, 0) is 6.54 Å². The smallest absolute Gasteiger partial charge is 0.0199 e. The van der Waals surface area contributed by atoms with Gasteiger partial charge in [-0.05, 0) is 16.7 Å². The Kier molecular flexibility index (Phi) is 3.15. The molecule has 0 unspecified atom stereocenters. The molecule has 0 bridgehead atoms. The third-order valence-corrected chi connectivity index (χ3v) is 2.32. The van der Waals surface area contributed by atoms with Crippen molar-refractivity contribution in [2.45, 2.75) is 6.54 Å². The molecule has 1 heteroatoms. The summed E-state index contributed by atoms with van der Waals surface area (Å²) in [6.07, 6.45) is 2.15. The maximum Gasteiger partial charge on any atom is 0.0199 e. The first-order chi connectivity index (χ1) is 7.38. The van der Waals surface area contributed by atoms with Gasteiger partial charge in [-0.3, -0.25) is 0 Å². The number of hydrogen-bond acceptors (Lipinski definition) is 1. The van der Waals surface area contributed by atoms with Crippen molar-refractivity contribution >= 4 is 0 Å². The highest BCUT2D eigenvalue weighted by molar-refractivity contribution is 5.38. The average molecular weight is 196 g/mol. The molecule has 2 aromatic carbocycles. The standard InChI is InChI=1S/C14H14N/c15-11-14-8-4-7-13(10-14)9-12-5-2-1-3-6-12/h1-10H,11,15H2. The van der Waals surface area contributed by atoms with E-state index < -0.39 is 0 Å². The second-order valence-electron chi connectivity index (χ2n) is 3.50. The Labute approximate surface area is 90.6 Å². The Balaban J connectivity index is 2.17. The number of hydrogen-bond donors (Lipinski definition) is 1. The van der Waals surface area contributed by atoms with Gasteiger partial charge >= 0.3 is 0 Å². The van der Waals surface area contributed by atoms with Crippen LogP contribution in [-0.4, -0.2) is 0 Å². The largest absolute Gasteiger partial charge is 0.326 e. The number of benzene rings is 2. The van der Waals surface area contributed by atoms with Crippen LogP contribution in [0.3, 0.4) is 0 Å². The molecule has 0 saturated heterocycles. The van der Waals surface area contributed by atoms with Crippen LogP contribution in [0.4, 0.5) is 0 Å². The van der Waals surface area contributed by atoms with Gasteiger partial charge in [0.2, 0.25) is 0 Å². The summed E-state index contributed by atoms with van der Waals surface area (Å²) in [6, 6.07) is 18.6. The second kappa shape index (κ2) is 4.76. The van der Waals surface area contributed by atoms with E-state index in [0.717, 1.165) is 0 Å². The van der Waals surface area contributed by atoms with Crippen molar-refractivity contribution in [1.29, 1.82) is 0 Å². The maximum atomic E-state index is 5.60. The summed E-state index contributed by atoms with van der Waals surface area (Å²) < 4.78 is 0. The second-order valence-corrected chi connectivity index (χ2v) is 3.50. The molecular weight excluding hydrogens is 182 g/mol. The summed E-state index contributed by atoms with van der Waals surface area (Å²) in [7, 11) is 0. The lowest BCUT2D eigenvalue weighted by molar-refractivity contribution is 1.07. The van der Waals surface area contributed by atoms with Crippen molar-refractivity contribution in [1.82, 2.24) is 0 Å². The first-order valence-corrected chi connectivity index (χ1v) is 5.07. The van der Waals surface area contributed by atoms with Crippen molar-refractivity contribution in [3.05, 3.63) is 77.7 Å². The summed E-state index contributed by atoms with van der Waals surface area (Å²) in [5.74, 6) is 0. The van der Waals surface area contributed by atoms with E-state index in [0.29, 0.717) is 6.54 Å². The molecule has 15 heavy (non-hydrogen) atoms. The van der Waals surface area contributed by atoms with E-state index in [2.05, 4.69) is 30.7 Å². The van der Waals surface area contributed by atoms with Crippen molar-refractivity contribution in [2.24, 2.45) is 5.73 Å². The molecule has 0 aliphatic rings. The molecule has 0 saturated carbocycles. The molecular formula is C14H14N. The topological polar surface area (TPSA) is 26.0 Å². The minimum Gasteiger partial charge on any atom is -0.326 e. The van der Waals surface area contributed by atoms with Gasteiger partial charge in [0.05, 0.1) is 0 Å². The molecule has 2 N–H and O–H groups in total. The zero-order valence-electron chi connectivity index (χ0n) is 8.56. The fourth-order valence-corrected chi connectivity index (χ4v) is 1.55. The normalized spacial score (nSPS) is 10.2. The highest BCUT2D eigenvalue weighted by Gasteiger charge is 1.97. The van der Waals surface area contributed by atoms with Crippen LogP contribution in [0, 0.1) is 6.42 Å². The van der Waals surface area contributed by atoms with Gasteiger partial charge < -0.3 is 5.73 Å². The lowest BCUT2D eigenvalue weighted by Gasteiger charge is -2.03. The summed E-state index contributed by atoms with van der Waals surface area (Å²) in [5, 5.41) is 0. The van der Waals surface area contributed by atoms with Crippen LogP contribution >= 0.6 is 0 Å². The molecule has 0 aromatic heterocycles. The molecule has 1 nitrogen and oxygen atoms in total. The summed E-state index contributed by atoms with van der Waals surface area (Å²) in [6.45, 7) is 0.594. The minimum absolute atomic E-state index is 0.594. The molecule has 2 rings (SSSR count). The molecule has 0 heterocycles. The van der Waals surface area contributed by atoms with Crippen LogP contribution in [0.2, 0.25) is 0 Å². The van der Waals surface area contributed by atoms with Gasteiger partial charge in [-0.15, -0.1) is 0 Å². The molecule has 0 atom stereocenters. The predicted octanol–water partition coefficient (Wildman–Crippen LogP) is 2.75. The van der Waals surface area contributed by atoms with Crippen LogP contribution in [0.15, 0.2) is 54.6 Å². The molecule has 0 amide bonds. The van der Waals surface area contributed by atoms with Crippen molar-refractivity contribution in [3.63, 3.8) is 0 Å². The molecule has 75 valence electrons. The third-order valence-electron chi connectivity index (χ3n) is 2.32. The molecule has 1 radical (unpaired) electrons. The number of rotatable bonds is 3. The first kappa shape index (κ1) is 9.94. The summed E-state index contributed by atoms with van der Waals surface area (Å²) in [5.41, 5.74) is 9.18. The Morgan fingerprint density at radius 2 is 1.60 bits per heavy atom. The van der Waals surface area contributed by atoms with Gasteiger partial charge in [0.1, 0.15) is 0 Å². The van der Waals surface area contributed by atoms with Crippen LogP contribution in [0.1, 0.15) is 16.7 Å². The van der Waals surface area contributed by atoms with E-state index in [1.807, 2.05) is 30.3 Å². The maximum absolute atomic E-state index is 5.60. The van der Waals surface area contributed by atoms with E-state index in [-0.39, 0.29) is 0 Å². The zero-order chi connectivity index (χ0) is 10.5. The van der Waals surface area contributed by atoms with E-state index in [1.54, 1.807) is 0 Å². The average Bonchev–Trinajstić information content (AvgIpc) is 2.31. The molecule has 2 aromatic rings. The van der Waals surface area contributed by atoms with E-state index in [1.165, 1.54) is 16.7 Å². The monoisotopic (exact) mass is 196 g/mol. The zero-order valence-corrected chi connectivity index (χ0v) is 8.56. The van der Waals surface area contributed by atoms with Crippen LogP contribution in [0.25, 0.3) is 0 Å². The Morgan fingerprint density at radius 3 is 2.33 bits per heavy atom. The van der Waals surface area contributed by atoms with Crippen LogP contribution < -0.4 is 5.73 Å². The van der Waals surface area contributed by atoms with Crippen molar-refractivity contribution in [2.75, 3.05) is 0 Å². The molecule has 0 fully saturated rings. The Morgan fingerprint density at radius 1 is 0.867 bits per heavy atom. The van der Waals surface area contributed by atoms with Crippen LogP contribution in [0.5, 0.6) is 0 Å². The highest BCUT2D eigenvalue weighted by Crippen LogP contribution is 2.12. The van der Waals surface area contributed by atoms with Gasteiger partial charge in [0.15, 0.2) is 0 Å². The van der Waals surface area contributed by atoms with E-state index in [4.69, 9.17) is 5.73 Å². The highest BCUT2D eigenvalue weighted by atomic mass is 14.5. The van der Waals surface area contributed by atoms with Gasteiger partial charge in [-0.2, -0.15) is 0 Å². The SMILES string of the molecule is NCc1cccc([CH]c2ccccc2)c1. The van der Waals surface area contributed by atoms with Gasteiger partial charge in [-0.1, -0.05) is 54.6 Å². The Hall–Kier alpha value is -1.60. The molecule has 0 spiro atoms. The van der Waals surface area contributed by atoms with Gasteiger partial charge in [0, 0.05) is 13.0 Å². The van der Waals surface area contributed by atoms with Crippen molar-refractivity contribution in [3.8, 4) is 0 Å². The van der Waals surface area contributed by atoms with E-state index >= 15 is 0 Å². The quantitative estimate of drug-likeness (QED) is 0.802. The summed E-state index contributed by atoms with van der Waals surface area (Å²) >= 11 is 0. The number of nitrogens with two attached hydrogens (primary N) is 1. The lowest BCUT2D eigenvalue weighted by Crippen LogP contribution is -1.96. The van der Waals surface area contributed by atoms with E-state index in [9.17, 15) is 0 Å². The first-order valence-electron chi connectivity index (χ1n) is 5.07. The molecule has 0 aliphatic heterocycles. The van der Waals surface area contributed by atoms with Gasteiger partial charge in [-0.25, -0.2) is 0 Å². The fraction of sp³-hybridized carbons (Fsp3) is 0.0714. The fourth-order valence-electron chi connectivity index (χ4n) is 1.55. The van der Waals surface area contributed by atoms with Gasteiger partial charge in [0.25, 0.3) is 0 Å². The molecule has 0 aliphatic carbocycles. The van der Waals surface area contributed by atoms with Crippen molar-refractivity contribution < 1.29 is 0 Å².